The third-order valence-corrected chi connectivity index (χ3v) is 4.58. The molecule has 0 aliphatic heterocycles. The minimum absolute atomic E-state index is 0.168. The zero-order chi connectivity index (χ0) is 22.2. The highest BCUT2D eigenvalue weighted by molar-refractivity contribution is 6.04. The van der Waals surface area contributed by atoms with Gasteiger partial charge in [-0.15, -0.1) is 0 Å². The number of hydrogen-bond donors (Lipinski definition) is 2. The van der Waals surface area contributed by atoms with E-state index in [0.29, 0.717) is 23.8 Å². The molecule has 0 bridgehead atoms. The van der Waals surface area contributed by atoms with Gasteiger partial charge in [0.05, 0.1) is 6.61 Å². The number of ether oxygens (including phenoxy) is 1. The Morgan fingerprint density at radius 3 is 2.32 bits per heavy atom. The number of rotatable bonds is 9. The van der Waals surface area contributed by atoms with Crippen LogP contribution in [0.3, 0.4) is 0 Å². The quantitative estimate of drug-likeness (QED) is 0.474. The van der Waals surface area contributed by atoms with Gasteiger partial charge in [-0.1, -0.05) is 13.3 Å². The molecule has 1 heterocycles. The molecule has 0 aliphatic rings. The zero-order valence-corrected chi connectivity index (χ0v) is 18.5. The standard InChI is InChI=1S/C24H29N5O2/c1-5-6-15-31-21-13-7-18(8-14-21)23(30)26-19-9-11-20(12-10-19)27-24-25-17(2)16-22(28-24)29(3)4/h7-14,16H,5-6,15H2,1-4H3,(H,26,30)(H,25,27,28). The molecule has 7 nitrogen and oxygen atoms in total. The highest BCUT2D eigenvalue weighted by Gasteiger charge is 2.08. The number of aryl methyl sites for hydroxylation is 1. The largest absolute Gasteiger partial charge is 0.494 e. The molecule has 0 aliphatic carbocycles. The fraction of sp³-hybridized carbons (Fsp3) is 0.292. The van der Waals surface area contributed by atoms with E-state index in [0.717, 1.165) is 35.8 Å². The van der Waals surface area contributed by atoms with Crippen LogP contribution >= 0.6 is 0 Å². The van der Waals surface area contributed by atoms with Crippen molar-refractivity contribution in [3.63, 3.8) is 0 Å². The van der Waals surface area contributed by atoms with Crippen LogP contribution in [0.25, 0.3) is 0 Å². The molecule has 0 saturated heterocycles. The number of anilines is 4. The van der Waals surface area contributed by atoms with Crippen LogP contribution in [0, 0.1) is 6.92 Å². The smallest absolute Gasteiger partial charge is 0.255 e. The van der Waals surface area contributed by atoms with E-state index in [9.17, 15) is 4.79 Å². The predicted molar refractivity (Wildman–Crippen MR) is 126 cm³/mol. The van der Waals surface area contributed by atoms with Crippen LogP contribution in [-0.2, 0) is 0 Å². The van der Waals surface area contributed by atoms with Crippen LogP contribution in [-0.4, -0.2) is 36.6 Å². The van der Waals surface area contributed by atoms with Crippen molar-refractivity contribution < 1.29 is 9.53 Å². The molecule has 0 radical (unpaired) electrons. The van der Waals surface area contributed by atoms with Gasteiger partial charge in [0.1, 0.15) is 11.6 Å². The van der Waals surface area contributed by atoms with Crippen LogP contribution in [0.4, 0.5) is 23.1 Å². The van der Waals surface area contributed by atoms with Crippen LogP contribution < -0.4 is 20.3 Å². The predicted octanol–water partition coefficient (Wildman–Crippen LogP) is 5.03. The minimum atomic E-state index is -0.168. The zero-order valence-electron chi connectivity index (χ0n) is 18.5. The first kappa shape index (κ1) is 22.1. The Morgan fingerprint density at radius 2 is 1.68 bits per heavy atom. The van der Waals surface area contributed by atoms with E-state index in [2.05, 4.69) is 27.5 Å². The van der Waals surface area contributed by atoms with E-state index in [-0.39, 0.29) is 5.91 Å². The van der Waals surface area contributed by atoms with Crippen molar-refractivity contribution >= 4 is 29.0 Å². The average Bonchev–Trinajstić information content (AvgIpc) is 2.75. The summed E-state index contributed by atoms with van der Waals surface area (Å²) < 4.78 is 5.64. The number of carbonyl (C=O) groups excluding carboxylic acids is 1. The molecule has 0 unspecified atom stereocenters. The lowest BCUT2D eigenvalue weighted by Gasteiger charge is -2.14. The summed E-state index contributed by atoms with van der Waals surface area (Å²) in [5.41, 5.74) is 3.00. The van der Waals surface area contributed by atoms with E-state index in [1.165, 1.54) is 0 Å². The molecule has 1 aromatic heterocycles. The van der Waals surface area contributed by atoms with Crippen molar-refractivity contribution in [3.05, 3.63) is 65.9 Å². The lowest BCUT2D eigenvalue weighted by Crippen LogP contribution is -2.13. The molecular weight excluding hydrogens is 390 g/mol. The summed E-state index contributed by atoms with van der Waals surface area (Å²) in [5.74, 6) is 1.97. The third kappa shape index (κ3) is 6.44. The second-order valence-electron chi connectivity index (χ2n) is 7.47. The topological polar surface area (TPSA) is 79.4 Å². The minimum Gasteiger partial charge on any atom is -0.494 e. The van der Waals surface area contributed by atoms with Crippen LogP contribution in [0.2, 0.25) is 0 Å². The lowest BCUT2D eigenvalue weighted by atomic mass is 10.2. The molecule has 3 rings (SSSR count). The van der Waals surface area contributed by atoms with E-state index in [4.69, 9.17) is 4.74 Å². The summed E-state index contributed by atoms with van der Waals surface area (Å²) in [6.07, 6.45) is 2.10. The number of benzene rings is 2. The molecule has 7 heteroatoms. The van der Waals surface area contributed by atoms with Gasteiger partial charge < -0.3 is 20.3 Å². The monoisotopic (exact) mass is 419 g/mol. The molecule has 0 fully saturated rings. The van der Waals surface area contributed by atoms with Crippen molar-refractivity contribution in [2.75, 3.05) is 36.2 Å². The summed E-state index contributed by atoms with van der Waals surface area (Å²) in [6.45, 7) is 4.74. The van der Waals surface area contributed by atoms with Crippen LogP contribution in [0.1, 0.15) is 35.8 Å². The summed E-state index contributed by atoms with van der Waals surface area (Å²) in [5, 5.41) is 6.11. The van der Waals surface area contributed by atoms with Gasteiger partial charge in [-0.3, -0.25) is 4.79 Å². The highest BCUT2D eigenvalue weighted by atomic mass is 16.5. The first-order valence-corrected chi connectivity index (χ1v) is 10.4. The van der Waals surface area contributed by atoms with E-state index in [1.54, 1.807) is 12.1 Å². The Balaban J connectivity index is 1.59. The maximum absolute atomic E-state index is 12.5. The van der Waals surface area contributed by atoms with Gasteiger partial charge in [-0.25, -0.2) is 4.98 Å². The number of unbranched alkanes of at least 4 members (excludes halogenated alkanes) is 1. The Bertz CT molecular complexity index is 1000. The van der Waals surface area contributed by atoms with Gasteiger partial charge in [-0.05, 0) is 61.9 Å². The van der Waals surface area contributed by atoms with Crippen molar-refractivity contribution in [1.29, 1.82) is 0 Å². The van der Waals surface area contributed by atoms with Gasteiger partial charge >= 0.3 is 0 Å². The molecule has 1 amide bonds. The molecule has 0 atom stereocenters. The second kappa shape index (κ2) is 10.4. The van der Waals surface area contributed by atoms with Gasteiger partial charge in [0.25, 0.3) is 5.91 Å². The van der Waals surface area contributed by atoms with Gasteiger partial charge in [0.15, 0.2) is 0 Å². The number of nitrogens with one attached hydrogen (secondary N) is 2. The molecule has 3 aromatic rings. The highest BCUT2D eigenvalue weighted by Crippen LogP contribution is 2.20. The maximum Gasteiger partial charge on any atom is 0.255 e. The van der Waals surface area contributed by atoms with Gasteiger partial charge in [0.2, 0.25) is 5.95 Å². The fourth-order valence-electron chi connectivity index (χ4n) is 2.84. The number of amides is 1. The van der Waals surface area contributed by atoms with Gasteiger partial charge in [-0.2, -0.15) is 4.98 Å². The molecule has 2 aromatic carbocycles. The van der Waals surface area contributed by atoms with E-state index >= 15 is 0 Å². The normalized spacial score (nSPS) is 10.5. The van der Waals surface area contributed by atoms with Gasteiger partial charge in [0, 0.05) is 42.8 Å². The fourth-order valence-corrected chi connectivity index (χ4v) is 2.84. The molecule has 2 N–H and O–H groups in total. The lowest BCUT2D eigenvalue weighted by molar-refractivity contribution is 0.102. The van der Waals surface area contributed by atoms with E-state index in [1.807, 2.05) is 68.4 Å². The number of nitrogens with zero attached hydrogens (tertiary/aromatic N) is 3. The number of aromatic nitrogens is 2. The Hall–Kier alpha value is -3.61. The molecule has 31 heavy (non-hydrogen) atoms. The van der Waals surface area contributed by atoms with E-state index < -0.39 is 0 Å². The molecule has 0 spiro atoms. The molecular formula is C24H29N5O2. The summed E-state index contributed by atoms with van der Waals surface area (Å²) in [6, 6.07) is 16.5. The van der Waals surface area contributed by atoms with Crippen molar-refractivity contribution in [3.8, 4) is 5.75 Å². The first-order chi connectivity index (χ1) is 14.9. The summed E-state index contributed by atoms with van der Waals surface area (Å²) in [4.78, 5) is 23.4. The maximum atomic E-state index is 12.5. The Morgan fingerprint density at radius 1 is 1.00 bits per heavy atom. The van der Waals surface area contributed by atoms with Crippen molar-refractivity contribution in [1.82, 2.24) is 9.97 Å². The number of hydrogen-bond acceptors (Lipinski definition) is 6. The van der Waals surface area contributed by atoms with Crippen molar-refractivity contribution in [2.45, 2.75) is 26.7 Å². The first-order valence-electron chi connectivity index (χ1n) is 10.4. The average molecular weight is 420 g/mol. The van der Waals surface area contributed by atoms with Crippen LogP contribution in [0.5, 0.6) is 5.75 Å². The SMILES string of the molecule is CCCCOc1ccc(C(=O)Nc2ccc(Nc3nc(C)cc(N(C)C)n3)cc2)cc1. The summed E-state index contributed by atoms with van der Waals surface area (Å²) in [7, 11) is 3.88. The number of carbonyl (C=O) groups is 1. The third-order valence-electron chi connectivity index (χ3n) is 4.58. The Kier molecular flexibility index (Phi) is 7.43. The molecule has 162 valence electrons. The summed E-state index contributed by atoms with van der Waals surface area (Å²) >= 11 is 0. The van der Waals surface area contributed by atoms with Crippen LogP contribution in [0.15, 0.2) is 54.6 Å². The second-order valence-corrected chi connectivity index (χ2v) is 7.47. The molecule has 0 saturated carbocycles. The van der Waals surface area contributed by atoms with Crippen molar-refractivity contribution in [2.24, 2.45) is 0 Å². The Labute approximate surface area is 183 Å².